The second kappa shape index (κ2) is 8.61. The third-order valence-corrected chi connectivity index (χ3v) is 4.66. The molecule has 0 amide bonds. The van der Waals surface area contributed by atoms with Gasteiger partial charge in [-0.2, -0.15) is 0 Å². The second-order valence-corrected chi connectivity index (χ2v) is 6.72. The largest absolute Gasteiger partial charge is 0.398 e. The molecular formula is C22H24FN5. The lowest BCUT2D eigenvalue weighted by atomic mass is 9.94. The molecule has 6 heteroatoms. The lowest BCUT2D eigenvalue weighted by Gasteiger charge is -2.20. The number of aryl methyl sites for hydroxylation is 1. The topological polar surface area (TPSA) is 86.6 Å². The van der Waals surface area contributed by atoms with Crippen LogP contribution in [0.5, 0.6) is 0 Å². The van der Waals surface area contributed by atoms with Crippen molar-refractivity contribution in [1.29, 1.82) is 5.41 Å². The molecule has 1 unspecified atom stereocenters. The van der Waals surface area contributed by atoms with E-state index in [0.29, 0.717) is 23.5 Å². The average molecular weight is 377 g/mol. The highest BCUT2D eigenvalue weighted by Gasteiger charge is 2.17. The second-order valence-electron chi connectivity index (χ2n) is 6.72. The van der Waals surface area contributed by atoms with Crippen molar-refractivity contribution in [3.05, 3.63) is 70.4 Å². The minimum atomic E-state index is -0.442. The Morgan fingerprint density at radius 2 is 2.07 bits per heavy atom. The number of halogens is 1. The molecule has 4 N–H and O–H groups in total. The third kappa shape index (κ3) is 4.01. The van der Waals surface area contributed by atoms with Crippen LogP contribution in [0.25, 0.3) is 0 Å². The molecule has 0 aliphatic carbocycles. The highest BCUT2D eigenvalue weighted by atomic mass is 19.1. The molecule has 28 heavy (non-hydrogen) atoms. The molecule has 0 saturated heterocycles. The molecule has 5 nitrogen and oxygen atoms in total. The predicted molar refractivity (Wildman–Crippen MR) is 116 cm³/mol. The summed E-state index contributed by atoms with van der Waals surface area (Å²) in [7, 11) is 1.68. The highest BCUT2D eigenvalue weighted by molar-refractivity contribution is 6.18. The minimum Gasteiger partial charge on any atom is -0.398 e. The summed E-state index contributed by atoms with van der Waals surface area (Å²) in [6, 6.07) is 11.3. The number of allylic oxidation sites excluding steroid dienone is 1. The van der Waals surface area contributed by atoms with Crippen LogP contribution in [0.4, 0.5) is 15.8 Å². The zero-order valence-electron chi connectivity index (χ0n) is 16.0. The Morgan fingerprint density at radius 3 is 2.82 bits per heavy atom. The van der Waals surface area contributed by atoms with Crippen LogP contribution in [0.3, 0.4) is 0 Å². The van der Waals surface area contributed by atoms with E-state index in [1.54, 1.807) is 25.5 Å². The summed E-state index contributed by atoms with van der Waals surface area (Å²) >= 11 is 0. The van der Waals surface area contributed by atoms with E-state index < -0.39 is 6.67 Å². The van der Waals surface area contributed by atoms with Gasteiger partial charge in [-0.05, 0) is 18.6 Å². The maximum absolute atomic E-state index is 13.0. The first-order valence-corrected chi connectivity index (χ1v) is 9.09. The van der Waals surface area contributed by atoms with Crippen LogP contribution in [-0.4, -0.2) is 38.4 Å². The number of rotatable bonds is 6. The van der Waals surface area contributed by atoms with Crippen LogP contribution in [-0.2, 0) is 0 Å². The first-order valence-electron chi connectivity index (χ1n) is 9.09. The van der Waals surface area contributed by atoms with Gasteiger partial charge in [0.15, 0.2) is 0 Å². The van der Waals surface area contributed by atoms with Crippen LogP contribution in [0, 0.1) is 18.3 Å². The fraction of sp³-hybridized carbons (Fsp3) is 0.227. The summed E-state index contributed by atoms with van der Waals surface area (Å²) in [5, 5.41) is 12.2. The number of para-hydroxylation sites is 1. The summed E-state index contributed by atoms with van der Waals surface area (Å²) in [6.45, 7) is 1.99. The van der Waals surface area contributed by atoms with E-state index >= 15 is 0 Å². The monoisotopic (exact) mass is 377 g/mol. The summed E-state index contributed by atoms with van der Waals surface area (Å²) < 4.78 is 13.0. The number of benzene rings is 2. The van der Waals surface area contributed by atoms with Crippen molar-refractivity contribution in [1.82, 2.24) is 0 Å². The van der Waals surface area contributed by atoms with Gasteiger partial charge in [0.2, 0.25) is 0 Å². The van der Waals surface area contributed by atoms with Crippen LogP contribution < -0.4 is 11.1 Å². The number of nitrogen functional groups attached to an aromatic ring is 1. The van der Waals surface area contributed by atoms with Crippen LogP contribution in [0.2, 0.25) is 0 Å². The molecule has 1 atom stereocenters. The molecule has 144 valence electrons. The molecule has 1 aliphatic rings. The molecule has 0 radical (unpaired) electrons. The van der Waals surface area contributed by atoms with Gasteiger partial charge < -0.3 is 11.1 Å². The Kier molecular flexibility index (Phi) is 5.99. The van der Waals surface area contributed by atoms with Crippen molar-refractivity contribution in [3.8, 4) is 0 Å². The van der Waals surface area contributed by atoms with Gasteiger partial charge in [0.1, 0.15) is 0 Å². The van der Waals surface area contributed by atoms with E-state index in [0.717, 1.165) is 28.1 Å². The number of anilines is 2. The first-order chi connectivity index (χ1) is 13.5. The first kappa shape index (κ1) is 19.5. The van der Waals surface area contributed by atoms with Crippen LogP contribution >= 0.6 is 0 Å². The Balaban J connectivity index is 2.04. The fourth-order valence-electron chi connectivity index (χ4n) is 3.21. The summed E-state index contributed by atoms with van der Waals surface area (Å²) in [4.78, 5) is 8.31. The lowest BCUT2D eigenvalue weighted by Crippen LogP contribution is -2.17. The molecule has 3 rings (SSSR count). The standard InChI is InChI=1S/C22H24FN5/c1-14-5-3-7-18(22(14)28-16-9-15(10-23)11-27-12-16)21(25)17-6-4-8-20(24)19(17)13-26-2/h3-9,12-13,15,25,28H,10-11,24H2,1-2H3. The molecular weight excluding hydrogens is 353 g/mol. The number of aliphatic imine (C=N–C) groups is 2. The van der Waals surface area contributed by atoms with Gasteiger partial charge in [-0.25, -0.2) is 0 Å². The van der Waals surface area contributed by atoms with Crippen LogP contribution in [0.15, 0.2) is 58.2 Å². The molecule has 1 heterocycles. The number of nitrogens with zero attached hydrogens (tertiary/aromatic N) is 2. The van der Waals surface area contributed by atoms with Crippen molar-refractivity contribution in [2.45, 2.75) is 6.92 Å². The van der Waals surface area contributed by atoms with E-state index in [1.165, 1.54) is 0 Å². The minimum absolute atomic E-state index is 0.222. The van der Waals surface area contributed by atoms with E-state index in [4.69, 9.17) is 11.1 Å². The maximum Gasteiger partial charge on any atom is 0.0975 e. The van der Waals surface area contributed by atoms with E-state index in [2.05, 4.69) is 15.3 Å². The highest BCUT2D eigenvalue weighted by Crippen LogP contribution is 2.27. The van der Waals surface area contributed by atoms with Gasteiger partial charge >= 0.3 is 0 Å². The number of hydrogen-bond acceptors (Lipinski definition) is 5. The zero-order chi connectivity index (χ0) is 20.1. The van der Waals surface area contributed by atoms with E-state index in [9.17, 15) is 4.39 Å². The molecule has 0 fully saturated rings. The predicted octanol–water partition coefficient (Wildman–Crippen LogP) is 4.01. The SMILES string of the molecule is CN=Cc1c(N)cccc1C(=N)c1cccc(C)c1NC1=CC(CF)CN=C1. The third-order valence-electron chi connectivity index (χ3n) is 4.66. The quantitative estimate of drug-likeness (QED) is 0.525. The van der Waals surface area contributed by atoms with Gasteiger partial charge in [-0.1, -0.05) is 36.4 Å². The van der Waals surface area contributed by atoms with Gasteiger partial charge in [0.25, 0.3) is 0 Å². The van der Waals surface area contributed by atoms with Gasteiger partial charge in [-0.15, -0.1) is 0 Å². The van der Waals surface area contributed by atoms with Gasteiger partial charge in [-0.3, -0.25) is 19.8 Å². The number of dihydropyridines is 1. The Bertz CT molecular complexity index is 975. The molecule has 2 aromatic carbocycles. The van der Waals surface area contributed by atoms with Gasteiger partial charge in [0, 0.05) is 54.3 Å². The molecule has 0 bridgehead atoms. The maximum atomic E-state index is 13.0. The number of nitrogens with two attached hydrogens (primary N) is 1. The summed E-state index contributed by atoms with van der Waals surface area (Å²) in [5.74, 6) is -0.222. The molecule has 0 saturated carbocycles. The van der Waals surface area contributed by atoms with E-state index in [-0.39, 0.29) is 5.92 Å². The molecule has 1 aliphatic heterocycles. The van der Waals surface area contributed by atoms with Crippen molar-refractivity contribution < 1.29 is 4.39 Å². The fourth-order valence-corrected chi connectivity index (χ4v) is 3.21. The lowest BCUT2D eigenvalue weighted by molar-refractivity contribution is 0.414. The van der Waals surface area contributed by atoms with Crippen LogP contribution in [0.1, 0.15) is 22.3 Å². The van der Waals surface area contributed by atoms with Crippen molar-refractivity contribution >= 4 is 29.5 Å². The smallest absolute Gasteiger partial charge is 0.0975 e. The molecule has 2 aromatic rings. The number of hydrogen-bond donors (Lipinski definition) is 3. The van der Waals surface area contributed by atoms with Gasteiger partial charge in [0.05, 0.1) is 23.8 Å². The van der Waals surface area contributed by atoms with E-state index in [1.807, 2.05) is 43.3 Å². The van der Waals surface area contributed by atoms with Crippen molar-refractivity contribution in [2.75, 3.05) is 31.3 Å². The Morgan fingerprint density at radius 1 is 1.32 bits per heavy atom. The number of nitrogens with one attached hydrogen (secondary N) is 2. The normalized spacial score (nSPS) is 16.2. The van der Waals surface area contributed by atoms with Crippen molar-refractivity contribution in [3.63, 3.8) is 0 Å². The Labute approximate surface area is 164 Å². The average Bonchev–Trinajstić information content (AvgIpc) is 2.71. The molecule has 0 spiro atoms. The molecule has 0 aromatic heterocycles. The summed E-state index contributed by atoms with van der Waals surface area (Å²) in [6.07, 6.45) is 5.23. The number of alkyl halides is 1. The Hall–Kier alpha value is -3.28. The summed E-state index contributed by atoms with van der Waals surface area (Å²) in [5.41, 5.74) is 11.7. The van der Waals surface area contributed by atoms with Crippen molar-refractivity contribution in [2.24, 2.45) is 15.9 Å². The zero-order valence-corrected chi connectivity index (χ0v) is 16.0.